The smallest absolute Gasteiger partial charge is 0.347 e. The van der Waals surface area contributed by atoms with Crippen LogP contribution in [-0.2, 0) is 4.74 Å². The fraction of sp³-hybridized carbons (Fsp3) is 0.692. The number of hydrogen-bond donors (Lipinski definition) is 3. The third-order valence-electron chi connectivity index (χ3n) is 2.94. The summed E-state index contributed by atoms with van der Waals surface area (Å²) in [6, 6.07) is -0.567. The van der Waals surface area contributed by atoms with E-state index >= 15 is 0 Å². The summed E-state index contributed by atoms with van der Waals surface area (Å²) in [4.78, 5) is 17.0. The lowest BCUT2D eigenvalue weighted by atomic mass is 10.0. The number of carbonyl (C=O) groups is 1. The van der Waals surface area contributed by atoms with Crippen LogP contribution >= 0.6 is 0 Å². The van der Waals surface area contributed by atoms with Crippen LogP contribution in [0.15, 0.2) is 17.1 Å². The van der Waals surface area contributed by atoms with Crippen LogP contribution in [0.2, 0.25) is 0 Å². The fourth-order valence-electron chi connectivity index (χ4n) is 1.80. The van der Waals surface area contributed by atoms with Gasteiger partial charge in [0.1, 0.15) is 11.9 Å². The molecule has 20 heavy (non-hydrogen) atoms. The Hall–Kier alpha value is -1.44. The molecule has 0 aromatic heterocycles. The lowest BCUT2D eigenvalue weighted by Gasteiger charge is -2.35. The number of amidine groups is 1. The van der Waals surface area contributed by atoms with Crippen LogP contribution in [0.1, 0.15) is 20.8 Å². The number of aliphatic hydroxyl groups is 2. The number of amides is 2. The van der Waals surface area contributed by atoms with Crippen molar-refractivity contribution in [3.63, 3.8) is 0 Å². The highest BCUT2D eigenvalue weighted by Gasteiger charge is 2.34. The number of carbonyl (C=O) groups excluding carboxylic acids is 1. The monoisotopic (exact) mass is 285 g/mol. The largest absolute Gasteiger partial charge is 0.396 e. The van der Waals surface area contributed by atoms with Gasteiger partial charge in [-0.1, -0.05) is 13.0 Å². The summed E-state index contributed by atoms with van der Waals surface area (Å²) < 4.78 is 5.64. The molecule has 0 fully saturated rings. The average Bonchev–Trinajstić information content (AvgIpc) is 2.54. The van der Waals surface area contributed by atoms with E-state index in [1.165, 1.54) is 11.0 Å². The van der Waals surface area contributed by atoms with Crippen LogP contribution in [0.5, 0.6) is 0 Å². The predicted molar refractivity (Wildman–Crippen MR) is 75.1 cm³/mol. The minimum Gasteiger partial charge on any atom is -0.396 e. The van der Waals surface area contributed by atoms with Crippen LogP contribution < -0.4 is 5.73 Å². The van der Waals surface area contributed by atoms with Gasteiger partial charge in [-0.05, 0) is 19.9 Å². The first-order valence-corrected chi connectivity index (χ1v) is 6.62. The number of hydrogen-bond acceptors (Lipinski definition) is 5. The van der Waals surface area contributed by atoms with E-state index in [2.05, 4.69) is 4.99 Å². The van der Waals surface area contributed by atoms with E-state index in [4.69, 9.17) is 15.6 Å². The molecule has 7 nitrogen and oxygen atoms in total. The van der Waals surface area contributed by atoms with Crippen LogP contribution in [0.4, 0.5) is 4.79 Å². The molecular formula is C13H23N3O4. The Labute approximate surface area is 118 Å². The number of aliphatic hydroxyl groups excluding tert-OH is 2. The van der Waals surface area contributed by atoms with Gasteiger partial charge in [0, 0.05) is 19.1 Å². The van der Waals surface area contributed by atoms with Crippen molar-refractivity contribution in [1.82, 2.24) is 4.90 Å². The molecule has 1 aliphatic heterocycles. The molecule has 0 radical (unpaired) electrons. The van der Waals surface area contributed by atoms with Crippen LogP contribution in [0, 0.1) is 5.92 Å². The van der Waals surface area contributed by atoms with E-state index < -0.39 is 24.3 Å². The second-order valence-electron chi connectivity index (χ2n) is 5.10. The van der Waals surface area contributed by atoms with Crippen molar-refractivity contribution in [2.45, 2.75) is 39.2 Å². The summed E-state index contributed by atoms with van der Waals surface area (Å²) in [6.45, 7) is 5.31. The van der Waals surface area contributed by atoms with Gasteiger partial charge in [-0.3, -0.25) is 4.90 Å². The zero-order valence-electron chi connectivity index (χ0n) is 12.1. The molecule has 0 aromatic carbocycles. The molecule has 0 saturated heterocycles. The third kappa shape index (κ3) is 4.29. The fourth-order valence-corrected chi connectivity index (χ4v) is 1.80. The standard InChI is InChI=1S/C13H23N3O4/c1-8(2)20-12(11(18)9(3)7-17)16-6-4-5-10(14)15-13(16)19/h4-5,8-9,11-12,17-18H,6-7H2,1-3H3,(H2,14,15,19). The Morgan fingerprint density at radius 1 is 1.50 bits per heavy atom. The maximum Gasteiger partial charge on any atom is 0.347 e. The van der Waals surface area contributed by atoms with Crippen LogP contribution in [0.25, 0.3) is 0 Å². The summed E-state index contributed by atoms with van der Waals surface area (Å²) in [7, 11) is 0. The van der Waals surface area contributed by atoms with Crippen molar-refractivity contribution >= 4 is 11.9 Å². The number of aliphatic imine (C=N–C) groups is 1. The van der Waals surface area contributed by atoms with Gasteiger partial charge in [0.15, 0.2) is 6.23 Å². The maximum atomic E-state index is 12.0. The van der Waals surface area contributed by atoms with Crippen molar-refractivity contribution in [3.8, 4) is 0 Å². The number of urea groups is 1. The normalized spacial score (nSPS) is 20.6. The van der Waals surface area contributed by atoms with Crippen molar-refractivity contribution in [2.24, 2.45) is 16.6 Å². The number of nitrogens with two attached hydrogens (primary N) is 1. The number of rotatable bonds is 6. The number of nitrogens with zero attached hydrogens (tertiary/aromatic N) is 2. The van der Waals surface area contributed by atoms with Crippen molar-refractivity contribution in [2.75, 3.05) is 13.2 Å². The van der Waals surface area contributed by atoms with E-state index in [1.54, 1.807) is 26.8 Å². The van der Waals surface area contributed by atoms with E-state index in [9.17, 15) is 9.90 Å². The number of ether oxygens (including phenoxy) is 1. The molecular weight excluding hydrogens is 262 g/mol. The first-order valence-electron chi connectivity index (χ1n) is 6.62. The minimum absolute atomic E-state index is 0.116. The Morgan fingerprint density at radius 2 is 2.15 bits per heavy atom. The summed E-state index contributed by atoms with van der Waals surface area (Å²) >= 11 is 0. The van der Waals surface area contributed by atoms with Gasteiger partial charge in [-0.15, -0.1) is 0 Å². The first kappa shape index (κ1) is 16.6. The molecule has 0 bridgehead atoms. The summed E-state index contributed by atoms with van der Waals surface area (Å²) in [5.74, 6) is -0.314. The van der Waals surface area contributed by atoms with E-state index in [0.29, 0.717) is 0 Å². The lowest BCUT2D eigenvalue weighted by Crippen LogP contribution is -2.51. The highest BCUT2D eigenvalue weighted by Crippen LogP contribution is 2.18. The van der Waals surface area contributed by atoms with Crippen molar-refractivity contribution < 1.29 is 19.7 Å². The summed E-state index contributed by atoms with van der Waals surface area (Å²) in [5, 5.41) is 19.4. The second-order valence-corrected chi connectivity index (χ2v) is 5.10. The quantitative estimate of drug-likeness (QED) is 0.640. The zero-order valence-corrected chi connectivity index (χ0v) is 12.1. The van der Waals surface area contributed by atoms with Gasteiger partial charge in [0.2, 0.25) is 0 Å². The molecule has 114 valence electrons. The molecule has 1 aliphatic rings. The lowest BCUT2D eigenvalue weighted by molar-refractivity contribution is -0.143. The SMILES string of the molecule is CC(C)OC(C(O)C(C)CO)N1CC=CC(N)=NC1=O. The molecule has 3 atom stereocenters. The van der Waals surface area contributed by atoms with Gasteiger partial charge in [0.05, 0.1) is 6.10 Å². The topological polar surface area (TPSA) is 108 Å². The highest BCUT2D eigenvalue weighted by atomic mass is 16.5. The van der Waals surface area contributed by atoms with Crippen LogP contribution in [0.3, 0.4) is 0 Å². The highest BCUT2D eigenvalue weighted by molar-refractivity contribution is 6.00. The molecule has 0 saturated carbocycles. The zero-order chi connectivity index (χ0) is 15.3. The van der Waals surface area contributed by atoms with Crippen molar-refractivity contribution in [1.29, 1.82) is 0 Å². The molecule has 0 spiro atoms. The van der Waals surface area contributed by atoms with Gasteiger partial charge >= 0.3 is 6.03 Å². The first-order chi connectivity index (χ1) is 9.36. The Kier molecular flexibility index (Phi) is 6.12. The van der Waals surface area contributed by atoms with E-state index in [0.717, 1.165) is 0 Å². The van der Waals surface area contributed by atoms with Crippen molar-refractivity contribution in [3.05, 3.63) is 12.2 Å². The Balaban J connectivity index is 2.98. The molecule has 2 amide bonds. The maximum absolute atomic E-state index is 12.0. The second kappa shape index (κ2) is 7.37. The molecule has 4 N–H and O–H groups in total. The predicted octanol–water partition coefficient (Wildman–Crippen LogP) is 0.0758. The van der Waals surface area contributed by atoms with Crippen LogP contribution in [-0.4, -0.2) is 58.6 Å². The molecule has 1 heterocycles. The average molecular weight is 285 g/mol. The van der Waals surface area contributed by atoms with E-state index in [1.807, 2.05) is 0 Å². The van der Waals surface area contributed by atoms with Gasteiger partial charge in [-0.2, -0.15) is 4.99 Å². The summed E-state index contributed by atoms with van der Waals surface area (Å²) in [6.07, 6.45) is 1.11. The van der Waals surface area contributed by atoms with Gasteiger partial charge < -0.3 is 20.7 Å². The molecule has 1 rings (SSSR count). The summed E-state index contributed by atoms with van der Waals surface area (Å²) in [5.41, 5.74) is 5.52. The van der Waals surface area contributed by atoms with E-state index in [-0.39, 0.29) is 25.1 Å². The third-order valence-corrected chi connectivity index (χ3v) is 2.94. The Bertz CT molecular complexity index is 395. The molecule has 0 aliphatic carbocycles. The molecule has 7 heteroatoms. The molecule has 3 unspecified atom stereocenters. The minimum atomic E-state index is -1.02. The van der Waals surface area contributed by atoms with Gasteiger partial charge in [0.25, 0.3) is 0 Å². The molecule has 0 aromatic rings. The van der Waals surface area contributed by atoms with Gasteiger partial charge in [-0.25, -0.2) is 4.79 Å². The Morgan fingerprint density at radius 3 is 2.70 bits per heavy atom.